The summed E-state index contributed by atoms with van der Waals surface area (Å²) in [6.45, 7) is 5.67. The molecule has 2 aliphatic heterocycles. The number of carbonyl (C=O) groups excluding carboxylic acids is 1. The molecule has 23 heavy (non-hydrogen) atoms. The first-order chi connectivity index (χ1) is 11.0. The van der Waals surface area contributed by atoms with Crippen molar-refractivity contribution in [3.63, 3.8) is 0 Å². The zero-order valence-corrected chi connectivity index (χ0v) is 14.2. The van der Waals surface area contributed by atoms with Crippen LogP contribution in [0.5, 0.6) is 0 Å². The van der Waals surface area contributed by atoms with Crippen molar-refractivity contribution < 1.29 is 18.2 Å². The molecule has 2 aliphatic rings. The van der Waals surface area contributed by atoms with E-state index < -0.39 is 10.0 Å². The number of rotatable bonds is 3. The van der Waals surface area contributed by atoms with E-state index in [2.05, 4.69) is 9.88 Å². The molecular weight excluding hydrogens is 316 g/mol. The average Bonchev–Trinajstić information content (AvgIpc) is 3.10. The topological polar surface area (TPSA) is 75.1 Å². The van der Waals surface area contributed by atoms with Gasteiger partial charge in [0, 0.05) is 26.1 Å². The zero-order valence-electron chi connectivity index (χ0n) is 13.4. The number of hydrogen-bond acceptors (Lipinski definition) is 4. The molecule has 0 bridgehead atoms. The van der Waals surface area contributed by atoms with E-state index in [0.717, 1.165) is 31.7 Å². The van der Waals surface area contributed by atoms with Gasteiger partial charge in [0.1, 0.15) is 24.2 Å². The van der Waals surface area contributed by atoms with Gasteiger partial charge in [-0.1, -0.05) is 0 Å². The maximum atomic E-state index is 12.5. The molecule has 126 valence electrons. The van der Waals surface area contributed by atoms with Gasteiger partial charge in [-0.25, -0.2) is 13.4 Å². The minimum absolute atomic E-state index is 0.0979. The van der Waals surface area contributed by atoms with E-state index in [1.165, 1.54) is 0 Å². The first-order valence-corrected chi connectivity index (χ1v) is 9.45. The Morgan fingerprint density at radius 1 is 1.04 bits per heavy atom. The van der Waals surface area contributed by atoms with Crippen LogP contribution in [-0.4, -0.2) is 62.8 Å². The Balaban J connectivity index is 1.69. The van der Waals surface area contributed by atoms with Crippen molar-refractivity contribution >= 4 is 21.7 Å². The fourth-order valence-corrected chi connectivity index (χ4v) is 4.58. The van der Waals surface area contributed by atoms with Crippen LogP contribution >= 0.6 is 0 Å². The highest BCUT2D eigenvalue weighted by molar-refractivity contribution is 7.89. The standard InChI is InChI=1S/C15H22N4O3S/c1-13(20)17-8-10-18(11-9-17)15-5-4-14(12-16-15)23(21,22)19-6-2-3-7-19/h4-5,12H,2-3,6-11H2,1H3/p+1. The molecule has 1 N–H and O–H groups in total. The second-order valence-electron chi connectivity index (χ2n) is 6.01. The molecule has 2 saturated heterocycles. The molecular formula is C15H23N4O3S+. The van der Waals surface area contributed by atoms with Gasteiger partial charge in [-0.15, -0.1) is 0 Å². The molecule has 0 spiro atoms. The predicted molar refractivity (Wildman–Crippen MR) is 85.5 cm³/mol. The fourth-order valence-electron chi connectivity index (χ4n) is 3.10. The Labute approximate surface area is 136 Å². The van der Waals surface area contributed by atoms with Crippen molar-refractivity contribution in [2.24, 2.45) is 0 Å². The number of nitrogens with zero attached hydrogens (tertiary/aromatic N) is 3. The highest BCUT2D eigenvalue weighted by Gasteiger charge is 2.29. The van der Waals surface area contributed by atoms with Crippen LogP contribution in [0.3, 0.4) is 0 Å². The van der Waals surface area contributed by atoms with Gasteiger partial charge in [-0.3, -0.25) is 9.69 Å². The van der Waals surface area contributed by atoms with Crippen molar-refractivity contribution in [3.8, 4) is 0 Å². The quantitative estimate of drug-likeness (QED) is 0.774. The van der Waals surface area contributed by atoms with Gasteiger partial charge < -0.3 is 4.90 Å². The molecule has 0 aliphatic carbocycles. The van der Waals surface area contributed by atoms with Crippen LogP contribution in [0.15, 0.2) is 23.2 Å². The lowest BCUT2D eigenvalue weighted by atomic mass is 10.3. The van der Waals surface area contributed by atoms with E-state index in [0.29, 0.717) is 31.1 Å². The third-order valence-corrected chi connectivity index (χ3v) is 6.43. The van der Waals surface area contributed by atoms with Gasteiger partial charge in [0.25, 0.3) is 5.82 Å². The SMILES string of the molecule is CC(=O)N1CCN(c2ccc(S(=O)(=O)N3CCCC3)c[nH+]2)CC1. The number of sulfonamides is 1. The molecule has 3 heterocycles. The van der Waals surface area contributed by atoms with Crippen molar-refractivity contribution in [1.29, 1.82) is 0 Å². The molecule has 1 aromatic rings. The van der Waals surface area contributed by atoms with Crippen molar-refractivity contribution in [2.45, 2.75) is 24.7 Å². The zero-order chi connectivity index (χ0) is 16.4. The molecule has 2 fully saturated rings. The van der Waals surface area contributed by atoms with E-state index in [4.69, 9.17) is 0 Å². The highest BCUT2D eigenvalue weighted by atomic mass is 32.2. The number of nitrogens with one attached hydrogen (secondary N) is 1. The molecule has 0 saturated carbocycles. The van der Waals surface area contributed by atoms with Gasteiger partial charge in [0.05, 0.1) is 13.1 Å². The molecule has 0 atom stereocenters. The number of anilines is 1. The predicted octanol–water partition coefficient (Wildman–Crippen LogP) is -0.0463. The second kappa shape index (κ2) is 6.45. The van der Waals surface area contributed by atoms with Crippen LogP contribution in [0.2, 0.25) is 0 Å². The summed E-state index contributed by atoms with van der Waals surface area (Å²) in [5.41, 5.74) is 0. The fraction of sp³-hybridized carbons (Fsp3) is 0.600. The number of pyridine rings is 1. The van der Waals surface area contributed by atoms with Crippen LogP contribution in [0.1, 0.15) is 19.8 Å². The maximum Gasteiger partial charge on any atom is 0.274 e. The highest BCUT2D eigenvalue weighted by Crippen LogP contribution is 2.20. The van der Waals surface area contributed by atoms with E-state index in [9.17, 15) is 13.2 Å². The summed E-state index contributed by atoms with van der Waals surface area (Å²) in [6, 6.07) is 3.48. The summed E-state index contributed by atoms with van der Waals surface area (Å²) in [6.07, 6.45) is 3.43. The molecule has 1 amide bonds. The Bertz CT molecular complexity index is 660. The monoisotopic (exact) mass is 339 g/mol. The van der Waals surface area contributed by atoms with Crippen LogP contribution in [0.25, 0.3) is 0 Å². The summed E-state index contributed by atoms with van der Waals surface area (Å²) in [5, 5.41) is 0. The smallest absolute Gasteiger partial charge is 0.274 e. The first-order valence-electron chi connectivity index (χ1n) is 8.01. The van der Waals surface area contributed by atoms with Gasteiger partial charge in [-0.05, 0) is 18.9 Å². The molecule has 0 aromatic carbocycles. The lowest BCUT2D eigenvalue weighted by Gasteiger charge is -2.30. The third kappa shape index (κ3) is 3.32. The number of H-pyrrole nitrogens is 1. The summed E-state index contributed by atoms with van der Waals surface area (Å²) in [5.74, 6) is 0.981. The lowest BCUT2D eigenvalue weighted by Crippen LogP contribution is -2.49. The maximum absolute atomic E-state index is 12.5. The summed E-state index contributed by atoms with van der Waals surface area (Å²) >= 11 is 0. The van der Waals surface area contributed by atoms with Crippen LogP contribution < -0.4 is 9.88 Å². The molecule has 8 heteroatoms. The summed E-state index contributed by atoms with van der Waals surface area (Å²) < 4.78 is 26.5. The summed E-state index contributed by atoms with van der Waals surface area (Å²) in [4.78, 5) is 18.7. The van der Waals surface area contributed by atoms with E-state index in [-0.39, 0.29) is 5.91 Å². The van der Waals surface area contributed by atoms with Crippen LogP contribution in [0, 0.1) is 0 Å². The van der Waals surface area contributed by atoms with E-state index >= 15 is 0 Å². The van der Waals surface area contributed by atoms with Crippen molar-refractivity contribution in [2.75, 3.05) is 44.2 Å². The normalized spacial score (nSPS) is 20.0. The van der Waals surface area contributed by atoms with Gasteiger partial charge >= 0.3 is 0 Å². The number of piperazine rings is 1. The minimum atomic E-state index is -3.38. The van der Waals surface area contributed by atoms with Crippen LogP contribution in [0.4, 0.5) is 5.82 Å². The van der Waals surface area contributed by atoms with Gasteiger partial charge in [0.15, 0.2) is 0 Å². The molecule has 7 nitrogen and oxygen atoms in total. The van der Waals surface area contributed by atoms with Gasteiger partial charge in [-0.2, -0.15) is 4.31 Å². The number of aromatic nitrogens is 1. The van der Waals surface area contributed by atoms with Crippen molar-refractivity contribution in [1.82, 2.24) is 9.21 Å². The largest absolute Gasteiger partial charge is 0.335 e. The number of aromatic amines is 1. The minimum Gasteiger partial charge on any atom is -0.335 e. The first kappa shape index (κ1) is 16.2. The Morgan fingerprint density at radius 3 is 2.22 bits per heavy atom. The summed E-state index contributed by atoms with van der Waals surface area (Å²) in [7, 11) is -3.38. The number of hydrogen-bond donors (Lipinski definition) is 0. The average molecular weight is 339 g/mol. The van der Waals surface area contributed by atoms with E-state index in [1.54, 1.807) is 23.5 Å². The Kier molecular flexibility index (Phi) is 4.54. The Morgan fingerprint density at radius 2 is 1.70 bits per heavy atom. The third-order valence-electron chi connectivity index (χ3n) is 4.54. The molecule has 3 rings (SSSR count). The number of carbonyl (C=O) groups is 1. The van der Waals surface area contributed by atoms with Crippen LogP contribution in [-0.2, 0) is 14.8 Å². The number of amides is 1. The molecule has 0 unspecified atom stereocenters. The lowest BCUT2D eigenvalue weighted by molar-refractivity contribution is -0.367. The Hall–Kier alpha value is -1.67. The molecule has 0 radical (unpaired) electrons. The van der Waals surface area contributed by atoms with E-state index in [1.807, 2.05) is 11.0 Å². The van der Waals surface area contributed by atoms with Gasteiger partial charge in [0.2, 0.25) is 15.9 Å². The van der Waals surface area contributed by atoms with Crippen molar-refractivity contribution in [3.05, 3.63) is 18.3 Å². The second-order valence-corrected chi connectivity index (χ2v) is 7.95. The molecule has 1 aromatic heterocycles.